The number of aryl methyl sites for hydroxylation is 1. The Hall–Kier alpha value is -2.86. The van der Waals surface area contributed by atoms with Crippen molar-refractivity contribution in [3.8, 4) is 5.69 Å². The summed E-state index contributed by atoms with van der Waals surface area (Å²) >= 11 is 0. The first-order valence-corrected chi connectivity index (χ1v) is 8.54. The molecule has 0 bridgehead atoms. The van der Waals surface area contributed by atoms with Gasteiger partial charge in [0.05, 0.1) is 23.5 Å². The predicted octanol–water partition coefficient (Wildman–Crippen LogP) is 3.78. The summed E-state index contributed by atoms with van der Waals surface area (Å²) in [6.45, 7) is 8.54. The summed E-state index contributed by atoms with van der Waals surface area (Å²) in [6.07, 6.45) is 1.41. The standard InChI is InChI=1S/C20H24N4O2/c1-13-6-5-7-15(8-13)24-18(10-17(23-24)20(2,3)4)22-19(25)14-9-16(11-21)26-12-14/h5-10,12H,11,21H2,1-4H3,(H,22,25). The van der Waals surface area contributed by atoms with Gasteiger partial charge in [-0.05, 0) is 30.7 Å². The number of carbonyl (C=O) groups excluding carboxylic acids is 1. The minimum atomic E-state index is -0.261. The van der Waals surface area contributed by atoms with Gasteiger partial charge in [-0.2, -0.15) is 5.10 Å². The Kier molecular flexibility index (Phi) is 4.70. The van der Waals surface area contributed by atoms with E-state index in [1.807, 2.05) is 37.3 Å². The van der Waals surface area contributed by atoms with Crippen LogP contribution in [0.3, 0.4) is 0 Å². The number of furan rings is 1. The summed E-state index contributed by atoms with van der Waals surface area (Å²) in [5.41, 5.74) is 8.74. The maximum absolute atomic E-state index is 12.6. The fourth-order valence-corrected chi connectivity index (χ4v) is 2.59. The van der Waals surface area contributed by atoms with Crippen molar-refractivity contribution in [2.24, 2.45) is 5.73 Å². The summed E-state index contributed by atoms with van der Waals surface area (Å²) < 4.78 is 7.01. The first-order chi connectivity index (χ1) is 12.3. The van der Waals surface area contributed by atoms with E-state index in [9.17, 15) is 4.79 Å². The molecule has 2 aromatic heterocycles. The molecule has 26 heavy (non-hydrogen) atoms. The van der Waals surface area contributed by atoms with Crippen LogP contribution in [0, 0.1) is 6.92 Å². The number of anilines is 1. The highest BCUT2D eigenvalue weighted by Gasteiger charge is 2.22. The lowest BCUT2D eigenvalue weighted by atomic mass is 9.92. The summed E-state index contributed by atoms with van der Waals surface area (Å²) in [4.78, 5) is 12.6. The van der Waals surface area contributed by atoms with E-state index in [0.29, 0.717) is 17.1 Å². The average Bonchev–Trinajstić information content (AvgIpc) is 3.21. The molecular formula is C20H24N4O2. The second-order valence-electron chi connectivity index (χ2n) is 7.38. The third kappa shape index (κ3) is 3.70. The van der Waals surface area contributed by atoms with E-state index in [1.54, 1.807) is 10.7 Å². The van der Waals surface area contributed by atoms with Crippen molar-refractivity contribution in [1.29, 1.82) is 0 Å². The first kappa shape index (κ1) is 17.9. The second kappa shape index (κ2) is 6.80. The number of hydrogen-bond acceptors (Lipinski definition) is 4. The van der Waals surface area contributed by atoms with Gasteiger partial charge < -0.3 is 15.5 Å². The van der Waals surface area contributed by atoms with Crippen LogP contribution in [-0.4, -0.2) is 15.7 Å². The van der Waals surface area contributed by atoms with Crippen molar-refractivity contribution in [3.63, 3.8) is 0 Å². The minimum Gasteiger partial charge on any atom is -0.467 e. The molecular weight excluding hydrogens is 328 g/mol. The molecule has 136 valence electrons. The molecule has 2 heterocycles. The third-order valence-corrected chi connectivity index (χ3v) is 4.08. The summed E-state index contributed by atoms with van der Waals surface area (Å²) in [7, 11) is 0. The topological polar surface area (TPSA) is 86.1 Å². The molecule has 0 saturated heterocycles. The Labute approximate surface area is 153 Å². The lowest BCUT2D eigenvalue weighted by Gasteiger charge is -2.14. The molecule has 0 radical (unpaired) electrons. The Bertz CT molecular complexity index is 931. The zero-order valence-corrected chi connectivity index (χ0v) is 15.5. The molecule has 3 aromatic rings. The van der Waals surface area contributed by atoms with Gasteiger partial charge in [0.25, 0.3) is 5.91 Å². The lowest BCUT2D eigenvalue weighted by Crippen LogP contribution is -2.14. The van der Waals surface area contributed by atoms with Crippen LogP contribution in [0.5, 0.6) is 0 Å². The van der Waals surface area contributed by atoms with E-state index >= 15 is 0 Å². The van der Waals surface area contributed by atoms with Crippen molar-refractivity contribution in [1.82, 2.24) is 9.78 Å². The number of nitrogens with one attached hydrogen (secondary N) is 1. The van der Waals surface area contributed by atoms with Crippen LogP contribution in [0.2, 0.25) is 0 Å². The molecule has 3 N–H and O–H groups in total. The Morgan fingerprint density at radius 3 is 2.65 bits per heavy atom. The molecule has 6 nitrogen and oxygen atoms in total. The van der Waals surface area contributed by atoms with Gasteiger partial charge in [0.2, 0.25) is 0 Å². The van der Waals surface area contributed by atoms with Gasteiger partial charge >= 0.3 is 0 Å². The maximum Gasteiger partial charge on any atom is 0.260 e. The molecule has 0 spiro atoms. The van der Waals surface area contributed by atoms with Crippen LogP contribution in [0.25, 0.3) is 5.69 Å². The van der Waals surface area contributed by atoms with Crippen molar-refractivity contribution in [2.45, 2.75) is 39.7 Å². The number of rotatable bonds is 4. The van der Waals surface area contributed by atoms with Gasteiger partial charge in [0.15, 0.2) is 0 Å². The fourth-order valence-electron chi connectivity index (χ4n) is 2.59. The SMILES string of the molecule is Cc1cccc(-n2nc(C(C)(C)C)cc2NC(=O)c2coc(CN)c2)c1. The fraction of sp³-hybridized carbons (Fsp3) is 0.300. The zero-order valence-electron chi connectivity index (χ0n) is 15.5. The van der Waals surface area contributed by atoms with Crippen molar-refractivity contribution in [3.05, 3.63) is 65.2 Å². The highest BCUT2D eigenvalue weighted by Crippen LogP contribution is 2.27. The van der Waals surface area contributed by atoms with Crippen LogP contribution in [0.15, 0.2) is 47.1 Å². The number of benzene rings is 1. The number of hydrogen-bond donors (Lipinski definition) is 2. The number of nitrogens with zero attached hydrogens (tertiary/aromatic N) is 2. The van der Waals surface area contributed by atoms with Crippen LogP contribution in [0.4, 0.5) is 5.82 Å². The highest BCUT2D eigenvalue weighted by molar-refractivity contribution is 6.03. The molecule has 6 heteroatoms. The molecule has 0 atom stereocenters. The van der Waals surface area contributed by atoms with Crippen molar-refractivity contribution in [2.75, 3.05) is 5.32 Å². The van der Waals surface area contributed by atoms with Gasteiger partial charge in [-0.3, -0.25) is 4.79 Å². The van der Waals surface area contributed by atoms with E-state index in [1.165, 1.54) is 6.26 Å². The van der Waals surface area contributed by atoms with E-state index in [-0.39, 0.29) is 17.9 Å². The van der Waals surface area contributed by atoms with Gasteiger partial charge in [-0.15, -0.1) is 0 Å². The molecule has 0 aliphatic rings. The number of aromatic nitrogens is 2. The van der Waals surface area contributed by atoms with Crippen molar-refractivity contribution < 1.29 is 9.21 Å². The largest absolute Gasteiger partial charge is 0.467 e. The quantitative estimate of drug-likeness (QED) is 0.748. The normalized spacial score (nSPS) is 11.6. The summed E-state index contributed by atoms with van der Waals surface area (Å²) in [6, 6.07) is 11.5. The Balaban J connectivity index is 1.99. The molecule has 0 fully saturated rings. The molecule has 0 saturated carbocycles. The Morgan fingerprint density at radius 1 is 1.27 bits per heavy atom. The van der Waals surface area contributed by atoms with Gasteiger partial charge in [-0.1, -0.05) is 32.9 Å². The predicted molar refractivity (Wildman–Crippen MR) is 102 cm³/mol. The van der Waals surface area contributed by atoms with Gasteiger partial charge in [0, 0.05) is 11.5 Å². The molecule has 1 amide bonds. The average molecular weight is 352 g/mol. The van der Waals surface area contributed by atoms with E-state index < -0.39 is 0 Å². The maximum atomic E-state index is 12.6. The van der Waals surface area contributed by atoms with Gasteiger partial charge in [-0.25, -0.2) is 4.68 Å². The zero-order chi connectivity index (χ0) is 18.9. The number of amides is 1. The lowest BCUT2D eigenvalue weighted by molar-refractivity contribution is 0.102. The van der Waals surface area contributed by atoms with E-state index in [0.717, 1.165) is 16.9 Å². The molecule has 3 rings (SSSR count). The monoisotopic (exact) mass is 352 g/mol. The van der Waals surface area contributed by atoms with Gasteiger partial charge in [0.1, 0.15) is 17.8 Å². The van der Waals surface area contributed by atoms with E-state index in [2.05, 4.69) is 26.1 Å². The molecule has 0 aliphatic heterocycles. The van der Waals surface area contributed by atoms with Crippen LogP contribution in [-0.2, 0) is 12.0 Å². The van der Waals surface area contributed by atoms with Crippen LogP contribution < -0.4 is 11.1 Å². The first-order valence-electron chi connectivity index (χ1n) is 8.54. The third-order valence-electron chi connectivity index (χ3n) is 4.08. The second-order valence-corrected chi connectivity index (χ2v) is 7.38. The number of nitrogens with two attached hydrogens (primary N) is 1. The van der Waals surface area contributed by atoms with Crippen LogP contribution in [0.1, 0.15) is 48.1 Å². The summed E-state index contributed by atoms with van der Waals surface area (Å²) in [5.74, 6) is 0.918. The van der Waals surface area contributed by atoms with Crippen LogP contribution >= 0.6 is 0 Å². The Morgan fingerprint density at radius 2 is 2.04 bits per heavy atom. The summed E-state index contributed by atoms with van der Waals surface area (Å²) in [5, 5.41) is 7.65. The smallest absolute Gasteiger partial charge is 0.260 e. The number of carbonyl (C=O) groups is 1. The molecule has 0 aliphatic carbocycles. The minimum absolute atomic E-state index is 0.142. The highest BCUT2D eigenvalue weighted by atomic mass is 16.3. The molecule has 0 unspecified atom stereocenters. The van der Waals surface area contributed by atoms with Crippen molar-refractivity contribution >= 4 is 11.7 Å². The molecule has 1 aromatic carbocycles. The van der Waals surface area contributed by atoms with E-state index in [4.69, 9.17) is 15.2 Å².